The summed E-state index contributed by atoms with van der Waals surface area (Å²) in [7, 11) is 0. The fourth-order valence-corrected chi connectivity index (χ4v) is 10.2. The lowest BCUT2D eigenvalue weighted by Gasteiger charge is -2.41. The fraction of sp³-hybridized carbons (Fsp3) is 0.730. The minimum Gasteiger partial charge on any atom is -0.454 e. The molecule has 0 spiro atoms. The first-order valence-electron chi connectivity index (χ1n) is 34.7. The first kappa shape index (κ1) is 79.3. The number of aliphatic hydroxyl groups is 5. The topological polar surface area (TPSA) is 175 Å². The SMILES string of the molecule is CC/C=C\C/C=C\C/C=C\C/C=C\C/C=C\CCCCCCCCCC(=O)OC1C(OCC(NC(=O)C(O)CCCCCCCCC/C=C\C/C=C\C/C=C\CCCCC)C(O)/C=C/CCCCCCCCCCCCC)OC(CO)C(O)C1O. The van der Waals surface area contributed by atoms with Crippen molar-refractivity contribution in [2.75, 3.05) is 13.2 Å². The molecule has 8 atom stereocenters. The molecule has 0 aromatic rings. The fourth-order valence-electron chi connectivity index (χ4n) is 10.2. The lowest BCUT2D eigenvalue weighted by atomic mass is 9.99. The van der Waals surface area contributed by atoms with Crippen LogP contribution in [0.4, 0.5) is 0 Å². The molecule has 488 valence electrons. The third-order valence-electron chi connectivity index (χ3n) is 15.7. The summed E-state index contributed by atoms with van der Waals surface area (Å²) in [5.41, 5.74) is 0. The number of aliphatic hydroxyl groups excluding tert-OH is 5. The van der Waals surface area contributed by atoms with E-state index in [0.717, 1.165) is 141 Å². The van der Waals surface area contributed by atoms with Gasteiger partial charge in [-0.1, -0.05) is 278 Å². The first-order valence-corrected chi connectivity index (χ1v) is 34.7. The van der Waals surface area contributed by atoms with Crippen LogP contribution in [-0.2, 0) is 23.8 Å². The minimum atomic E-state index is -1.63. The number of esters is 1. The standard InChI is InChI=1S/C74H127NO10/c1-4-7-10-13-16-19-22-25-27-29-31-33-34-35-37-39-41-44-47-50-53-56-59-62-69(79)85-72-71(81)70(80)68(63-76)84-74(72)83-64-65(66(77)60-57-54-51-48-45-42-24-21-18-15-12-9-6-3)75-73(82)67(78)61-58-55-52-49-46-43-40-38-36-32-30-28-26-23-20-17-14-11-8-5-2/h7,10,16-17,19-20,25-28,31-33,35-37,57,60,65-68,70-72,74,76-78,80-81H,4-6,8-9,11-15,18,21-24,29-30,34,38-56,58-59,61-64H2,1-3H3,(H,75,82)/b10-7-,19-16-,20-17-,27-25-,28-26-,33-31-,36-32-,37-35-,60-57+. The second kappa shape index (κ2) is 60.6. The molecular formula is C74H127NO10. The Balaban J connectivity index is 2.64. The van der Waals surface area contributed by atoms with E-state index < -0.39 is 67.4 Å². The predicted molar refractivity (Wildman–Crippen MR) is 356 cm³/mol. The van der Waals surface area contributed by atoms with Gasteiger partial charge in [0.1, 0.15) is 24.4 Å². The van der Waals surface area contributed by atoms with Gasteiger partial charge >= 0.3 is 5.97 Å². The summed E-state index contributed by atoms with van der Waals surface area (Å²) >= 11 is 0. The quantitative estimate of drug-likeness (QED) is 0.0195. The van der Waals surface area contributed by atoms with E-state index in [4.69, 9.17) is 14.2 Å². The predicted octanol–water partition coefficient (Wildman–Crippen LogP) is 17.6. The van der Waals surface area contributed by atoms with Crippen molar-refractivity contribution in [3.05, 3.63) is 109 Å². The van der Waals surface area contributed by atoms with Crippen LogP contribution in [-0.4, -0.2) is 99.6 Å². The minimum absolute atomic E-state index is 0.104. The van der Waals surface area contributed by atoms with Crippen molar-refractivity contribution in [1.29, 1.82) is 0 Å². The molecule has 11 heteroatoms. The number of ether oxygens (including phenoxy) is 3. The largest absolute Gasteiger partial charge is 0.454 e. The van der Waals surface area contributed by atoms with Crippen LogP contribution in [0, 0.1) is 0 Å². The third-order valence-corrected chi connectivity index (χ3v) is 15.7. The van der Waals surface area contributed by atoms with Gasteiger partial charge in [-0.3, -0.25) is 9.59 Å². The molecule has 0 radical (unpaired) electrons. The number of carbonyl (C=O) groups excluding carboxylic acids is 2. The maximum absolute atomic E-state index is 13.5. The summed E-state index contributed by atoms with van der Waals surface area (Å²) in [4.78, 5) is 26.7. The maximum atomic E-state index is 13.5. The molecule has 1 rings (SSSR count). The van der Waals surface area contributed by atoms with Crippen molar-refractivity contribution in [3.63, 3.8) is 0 Å². The van der Waals surface area contributed by atoms with Crippen LogP contribution in [0.1, 0.15) is 284 Å². The summed E-state index contributed by atoms with van der Waals surface area (Å²) < 4.78 is 17.7. The molecule has 6 N–H and O–H groups in total. The highest BCUT2D eigenvalue weighted by atomic mass is 16.7. The molecule has 0 bridgehead atoms. The van der Waals surface area contributed by atoms with Gasteiger partial charge in [0.15, 0.2) is 12.4 Å². The van der Waals surface area contributed by atoms with Gasteiger partial charge in [0, 0.05) is 6.42 Å². The molecule has 85 heavy (non-hydrogen) atoms. The van der Waals surface area contributed by atoms with Gasteiger partial charge in [0.25, 0.3) is 0 Å². The summed E-state index contributed by atoms with van der Waals surface area (Å²) in [5.74, 6) is -1.22. The molecule has 1 fully saturated rings. The summed E-state index contributed by atoms with van der Waals surface area (Å²) in [5, 5.41) is 57.2. The molecule has 8 unspecified atom stereocenters. The normalized spacial score (nSPS) is 19.1. The van der Waals surface area contributed by atoms with Crippen molar-refractivity contribution < 1.29 is 49.3 Å². The smallest absolute Gasteiger partial charge is 0.306 e. The van der Waals surface area contributed by atoms with Gasteiger partial charge < -0.3 is 45.1 Å². The molecule has 1 aliphatic heterocycles. The lowest BCUT2D eigenvalue weighted by Crippen LogP contribution is -2.61. The zero-order valence-corrected chi connectivity index (χ0v) is 54.2. The Kier molecular flexibility index (Phi) is 56.6. The van der Waals surface area contributed by atoms with E-state index in [2.05, 4.69) is 123 Å². The number of nitrogens with one attached hydrogen (secondary N) is 1. The monoisotopic (exact) mass is 1190 g/mol. The Hall–Kier alpha value is -3.68. The van der Waals surface area contributed by atoms with Crippen molar-refractivity contribution in [2.24, 2.45) is 0 Å². The van der Waals surface area contributed by atoms with E-state index in [1.165, 1.54) is 96.3 Å². The average Bonchev–Trinajstić information content (AvgIpc) is 2.49. The van der Waals surface area contributed by atoms with Crippen LogP contribution < -0.4 is 5.32 Å². The number of carbonyl (C=O) groups is 2. The number of allylic oxidation sites excluding steroid dienone is 17. The number of hydrogen-bond donors (Lipinski definition) is 6. The van der Waals surface area contributed by atoms with Crippen molar-refractivity contribution in [3.8, 4) is 0 Å². The highest BCUT2D eigenvalue weighted by Gasteiger charge is 2.47. The van der Waals surface area contributed by atoms with E-state index in [1.807, 2.05) is 6.08 Å². The molecule has 1 heterocycles. The molecule has 1 aliphatic rings. The molecule has 0 aromatic carbocycles. The first-order chi connectivity index (χ1) is 41.7. The molecule has 0 aliphatic carbocycles. The van der Waals surface area contributed by atoms with E-state index in [-0.39, 0.29) is 19.4 Å². The summed E-state index contributed by atoms with van der Waals surface area (Å²) in [6.45, 7) is 5.66. The second-order valence-corrected chi connectivity index (χ2v) is 23.5. The third kappa shape index (κ3) is 48.0. The number of unbranched alkanes of at least 4 members (excludes halogenated alkanes) is 28. The molecule has 11 nitrogen and oxygen atoms in total. The van der Waals surface area contributed by atoms with Gasteiger partial charge in [0.2, 0.25) is 5.91 Å². The van der Waals surface area contributed by atoms with Crippen LogP contribution in [0.25, 0.3) is 0 Å². The Bertz CT molecular complexity index is 1800. The number of rotatable bonds is 58. The average molecular weight is 1190 g/mol. The highest BCUT2D eigenvalue weighted by molar-refractivity contribution is 5.80. The van der Waals surface area contributed by atoms with E-state index in [1.54, 1.807) is 6.08 Å². The maximum Gasteiger partial charge on any atom is 0.306 e. The second-order valence-electron chi connectivity index (χ2n) is 23.5. The summed E-state index contributed by atoms with van der Waals surface area (Å²) in [6, 6.07) is -1.04. The lowest BCUT2D eigenvalue weighted by molar-refractivity contribution is -0.305. The van der Waals surface area contributed by atoms with Gasteiger partial charge in [-0.25, -0.2) is 0 Å². The van der Waals surface area contributed by atoms with Crippen molar-refractivity contribution >= 4 is 11.9 Å². The van der Waals surface area contributed by atoms with Gasteiger partial charge in [0.05, 0.1) is 25.4 Å². The van der Waals surface area contributed by atoms with Crippen LogP contribution >= 0.6 is 0 Å². The summed E-state index contributed by atoms with van der Waals surface area (Å²) in [6.07, 6.45) is 72.5. The molecule has 0 aromatic heterocycles. The molecule has 0 saturated carbocycles. The number of amides is 1. The van der Waals surface area contributed by atoms with Gasteiger partial charge in [-0.2, -0.15) is 0 Å². The van der Waals surface area contributed by atoms with Crippen LogP contribution in [0.2, 0.25) is 0 Å². The van der Waals surface area contributed by atoms with Gasteiger partial charge in [-0.05, 0) is 109 Å². The van der Waals surface area contributed by atoms with E-state index >= 15 is 0 Å². The van der Waals surface area contributed by atoms with Crippen LogP contribution in [0.3, 0.4) is 0 Å². The Morgan fingerprint density at radius 1 is 0.471 bits per heavy atom. The zero-order chi connectivity index (χ0) is 61.7. The van der Waals surface area contributed by atoms with Crippen LogP contribution in [0.15, 0.2) is 109 Å². The molecular weight excluding hydrogens is 1060 g/mol. The van der Waals surface area contributed by atoms with Crippen molar-refractivity contribution in [1.82, 2.24) is 5.32 Å². The zero-order valence-electron chi connectivity index (χ0n) is 54.2. The van der Waals surface area contributed by atoms with Gasteiger partial charge in [-0.15, -0.1) is 0 Å². The molecule has 1 saturated heterocycles. The van der Waals surface area contributed by atoms with E-state index in [0.29, 0.717) is 12.8 Å². The molecule has 1 amide bonds. The van der Waals surface area contributed by atoms with Crippen molar-refractivity contribution in [2.45, 2.75) is 333 Å². The Labute approximate surface area is 519 Å². The van der Waals surface area contributed by atoms with E-state index in [9.17, 15) is 35.1 Å². The number of hydrogen-bond acceptors (Lipinski definition) is 10. The Morgan fingerprint density at radius 3 is 1.29 bits per heavy atom. The van der Waals surface area contributed by atoms with Crippen LogP contribution in [0.5, 0.6) is 0 Å². The highest BCUT2D eigenvalue weighted by Crippen LogP contribution is 2.26. The Morgan fingerprint density at radius 2 is 0.847 bits per heavy atom.